The van der Waals surface area contributed by atoms with Crippen LogP contribution in [-0.2, 0) is 6.42 Å². The molecular weight excluding hydrogens is 228 g/mol. The van der Waals surface area contributed by atoms with Crippen LogP contribution < -0.4 is 5.73 Å². The normalized spacial score (nSPS) is 12.7. The standard InChI is InChI=1S/C11H11ClN2S/c12-10-6-14-3-1-8(10)5-11(13)9-2-4-15-7-9/h1-4,6-7,11H,5,13H2. The number of hydrogen-bond acceptors (Lipinski definition) is 3. The summed E-state index contributed by atoms with van der Waals surface area (Å²) in [6.07, 6.45) is 4.14. The Morgan fingerprint density at radius 3 is 3.00 bits per heavy atom. The van der Waals surface area contributed by atoms with Crippen molar-refractivity contribution >= 4 is 22.9 Å². The van der Waals surface area contributed by atoms with Crippen LogP contribution in [0.1, 0.15) is 17.2 Å². The van der Waals surface area contributed by atoms with Crippen LogP contribution >= 0.6 is 22.9 Å². The molecule has 15 heavy (non-hydrogen) atoms. The van der Waals surface area contributed by atoms with Crippen molar-refractivity contribution < 1.29 is 0 Å². The highest BCUT2D eigenvalue weighted by atomic mass is 35.5. The monoisotopic (exact) mass is 238 g/mol. The van der Waals surface area contributed by atoms with Gasteiger partial charge in [0.15, 0.2) is 0 Å². The third-order valence-corrected chi connectivity index (χ3v) is 3.31. The van der Waals surface area contributed by atoms with E-state index in [1.807, 2.05) is 17.5 Å². The van der Waals surface area contributed by atoms with Crippen LogP contribution in [0.4, 0.5) is 0 Å². The van der Waals surface area contributed by atoms with E-state index in [1.165, 1.54) is 0 Å². The fraction of sp³-hybridized carbons (Fsp3) is 0.182. The van der Waals surface area contributed by atoms with Gasteiger partial charge in [-0.1, -0.05) is 11.6 Å². The molecule has 0 aromatic carbocycles. The van der Waals surface area contributed by atoms with Gasteiger partial charge in [-0.25, -0.2) is 0 Å². The van der Waals surface area contributed by atoms with E-state index in [4.69, 9.17) is 17.3 Å². The van der Waals surface area contributed by atoms with Crippen LogP contribution in [0.3, 0.4) is 0 Å². The van der Waals surface area contributed by atoms with Gasteiger partial charge in [0, 0.05) is 18.4 Å². The predicted octanol–water partition coefficient (Wildman–Crippen LogP) is 3.04. The molecule has 0 aliphatic rings. The summed E-state index contributed by atoms with van der Waals surface area (Å²) in [5, 5.41) is 4.78. The second-order valence-electron chi connectivity index (χ2n) is 3.33. The number of nitrogens with zero attached hydrogens (tertiary/aromatic N) is 1. The Morgan fingerprint density at radius 2 is 2.33 bits per heavy atom. The zero-order valence-electron chi connectivity index (χ0n) is 8.06. The van der Waals surface area contributed by atoms with Crippen molar-refractivity contribution in [3.05, 3.63) is 51.4 Å². The lowest BCUT2D eigenvalue weighted by atomic mass is 10.0. The molecule has 1 unspecified atom stereocenters. The maximum absolute atomic E-state index is 6.07. The minimum atomic E-state index is 0.0103. The maximum Gasteiger partial charge on any atom is 0.0622 e. The zero-order chi connectivity index (χ0) is 10.7. The largest absolute Gasteiger partial charge is 0.324 e. The third kappa shape index (κ3) is 2.56. The minimum Gasteiger partial charge on any atom is -0.324 e. The van der Waals surface area contributed by atoms with Crippen LogP contribution in [0.25, 0.3) is 0 Å². The molecule has 0 aliphatic heterocycles. The fourth-order valence-electron chi connectivity index (χ4n) is 1.41. The molecule has 2 aromatic heterocycles. The van der Waals surface area contributed by atoms with Gasteiger partial charge in [-0.05, 0) is 40.4 Å². The van der Waals surface area contributed by atoms with Gasteiger partial charge in [0.2, 0.25) is 0 Å². The molecule has 0 amide bonds. The Kier molecular flexibility index (Phi) is 3.36. The highest BCUT2D eigenvalue weighted by Crippen LogP contribution is 2.22. The quantitative estimate of drug-likeness (QED) is 0.893. The van der Waals surface area contributed by atoms with Gasteiger partial charge in [-0.15, -0.1) is 0 Å². The highest BCUT2D eigenvalue weighted by molar-refractivity contribution is 7.07. The van der Waals surface area contributed by atoms with Gasteiger partial charge in [0.1, 0.15) is 0 Å². The molecule has 4 heteroatoms. The number of halogens is 1. The smallest absolute Gasteiger partial charge is 0.0622 e. The topological polar surface area (TPSA) is 38.9 Å². The molecular formula is C11H11ClN2S. The number of nitrogens with two attached hydrogens (primary N) is 1. The summed E-state index contributed by atoms with van der Waals surface area (Å²) in [4.78, 5) is 3.94. The molecule has 0 spiro atoms. The minimum absolute atomic E-state index is 0.0103. The van der Waals surface area contributed by atoms with Gasteiger partial charge in [-0.2, -0.15) is 11.3 Å². The van der Waals surface area contributed by atoms with E-state index < -0.39 is 0 Å². The van der Waals surface area contributed by atoms with Crippen molar-refractivity contribution in [3.8, 4) is 0 Å². The SMILES string of the molecule is NC(Cc1ccncc1Cl)c1ccsc1. The lowest BCUT2D eigenvalue weighted by molar-refractivity contribution is 0.724. The molecule has 2 N–H and O–H groups in total. The first-order chi connectivity index (χ1) is 7.27. The van der Waals surface area contributed by atoms with Gasteiger partial charge in [0.25, 0.3) is 0 Å². The molecule has 2 nitrogen and oxygen atoms in total. The van der Waals surface area contributed by atoms with E-state index in [-0.39, 0.29) is 6.04 Å². The molecule has 2 aromatic rings. The van der Waals surface area contributed by atoms with Crippen LogP contribution in [0, 0.1) is 0 Å². The number of thiophene rings is 1. The van der Waals surface area contributed by atoms with E-state index in [0.717, 1.165) is 17.5 Å². The van der Waals surface area contributed by atoms with Crippen LogP contribution in [0.15, 0.2) is 35.3 Å². The molecule has 0 saturated carbocycles. The molecule has 0 bridgehead atoms. The molecule has 0 fully saturated rings. The van der Waals surface area contributed by atoms with E-state index in [9.17, 15) is 0 Å². The molecule has 0 radical (unpaired) electrons. The molecule has 2 rings (SSSR count). The third-order valence-electron chi connectivity index (χ3n) is 2.27. The number of aromatic nitrogens is 1. The fourth-order valence-corrected chi connectivity index (χ4v) is 2.33. The van der Waals surface area contributed by atoms with E-state index >= 15 is 0 Å². The van der Waals surface area contributed by atoms with Crippen molar-refractivity contribution in [1.29, 1.82) is 0 Å². The van der Waals surface area contributed by atoms with Gasteiger partial charge in [-0.3, -0.25) is 4.98 Å². The van der Waals surface area contributed by atoms with E-state index in [2.05, 4.69) is 10.4 Å². The molecule has 0 saturated heterocycles. The van der Waals surface area contributed by atoms with Gasteiger partial charge < -0.3 is 5.73 Å². The van der Waals surface area contributed by atoms with Crippen LogP contribution in [0.5, 0.6) is 0 Å². The Bertz CT molecular complexity index is 428. The Labute approximate surface area is 97.7 Å². The van der Waals surface area contributed by atoms with E-state index in [1.54, 1.807) is 23.7 Å². The summed E-state index contributed by atoms with van der Waals surface area (Å²) in [6, 6.07) is 3.97. The van der Waals surface area contributed by atoms with Gasteiger partial charge >= 0.3 is 0 Å². The number of hydrogen-bond donors (Lipinski definition) is 1. The summed E-state index contributed by atoms with van der Waals surface area (Å²) >= 11 is 7.67. The summed E-state index contributed by atoms with van der Waals surface area (Å²) < 4.78 is 0. The van der Waals surface area contributed by atoms with E-state index in [0.29, 0.717) is 5.02 Å². The van der Waals surface area contributed by atoms with Crippen LogP contribution in [0.2, 0.25) is 5.02 Å². The Hall–Kier alpha value is -0.900. The Morgan fingerprint density at radius 1 is 1.47 bits per heavy atom. The second kappa shape index (κ2) is 4.75. The molecule has 78 valence electrons. The maximum atomic E-state index is 6.07. The number of pyridine rings is 1. The van der Waals surface area contributed by atoms with Crippen molar-refractivity contribution in [2.75, 3.05) is 0 Å². The summed E-state index contributed by atoms with van der Waals surface area (Å²) in [7, 11) is 0. The van der Waals surface area contributed by atoms with Gasteiger partial charge in [0.05, 0.1) is 5.02 Å². The molecule has 1 atom stereocenters. The average molecular weight is 239 g/mol. The second-order valence-corrected chi connectivity index (χ2v) is 4.52. The van der Waals surface area contributed by atoms with Crippen molar-refractivity contribution in [1.82, 2.24) is 4.98 Å². The van der Waals surface area contributed by atoms with Crippen molar-refractivity contribution in [2.45, 2.75) is 12.5 Å². The van der Waals surface area contributed by atoms with Crippen LogP contribution in [-0.4, -0.2) is 4.98 Å². The lowest BCUT2D eigenvalue weighted by Crippen LogP contribution is -2.12. The highest BCUT2D eigenvalue weighted by Gasteiger charge is 2.09. The summed E-state index contributed by atoms with van der Waals surface area (Å²) in [5.74, 6) is 0. The first-order valence-electron chi connectivity index (χ1n) is 4.63. The first kappa shape index (κ1) is 10.6. The molecule has 0 aliphatic carbocycles. The first-order valence-corrected chi connectivity index (χ1v) is 5.95. The molecule has 2 heterocycles. The Balaban J connectivity index is 2.13. The van der Waals surface area contributed by atoms with Crippen molar-refractivity contribution in [3.63, 3.8) is 0 Å². The van der Waals surface area contributed by atoms with Crippen molar-refractivity contribution in [2.24, 2.45) is 5.73 Å². The number of rotatable bonds is 3. The summed E-state index contributed by atoms with van der Waals surface area (Å²) in [6.45, 7) is 0. The average Bonchev–Trinajstić information content (AvgIpc) is 2.74. The lowest BCUT2D eigenvalue weighted by Gasteiger charge is -2.10. The zero-order valence-corrected chi connectivity index (χ0v) is 9.63. The summed E-state index contributed by atoms with van der Waals surface area (Å²) in [5.41, 5.74) is 8.27. The predicted molar refractivity (Wildman–Crippen MR) is 64.2 cm³/mol.